The molecule has 6 N–H and O–H groups in total. The number of rotatable bonds is 4. The van der Waals surface area contributed by atoms with Gasteiger partial charge in [0.2, 0.25) is 29.2 Å². The number of nitrogens with zero attached hydrogens (tertiary/aromatic N) is 13. The van der Waals surface area contributed by atoms with E-state index in [9.17, 15) is 9.59 Å². The van der Waals surface area contributed by atoms with Crippen LogP contribution in [0.2, 0.25) is 0 Å². The molecule has 6 aliphatic heterocycles. The molecule has 110 heavy (non-hydrogen) atoms. The van der Waals surface area contributed by atoms with Crippen LogP contribution in [0.3, 0.4) is 0 Å². The monoisotopic (exact) mass is 1460 g/mol. The number of anilines is 4. The minimum Gasteiger partial charge on any atom is -0.495 e. The van der Waals surface area contributed by atoms with Crippen molar-refractivity contribution in [2.75, 3.05) is 89.9 Å². The van der Waals surface area contributed by atoms with Crippen LogP contribution in [-0.4, -0.2) is 165 Å². The highest BCUT2D eigenvalue weighted by molar-refractivity contribution is 6.08. The third-order valence-corrected chi connectivity index (χ3v) is 20.3. The van der Waals surface area contributed by atoms with Gasteiger partial charge in [0.15, 0.2) is 17.5 Å². The summed E-state index contributed by atoms with van der Waals surface area (Å²) in [5.74, 6) is 0.850. The fourth-order valence-corrected chi connectivity index (χ4v) is 15.4. The quantitative estimate of drug-likeness (QED) is 0.0956. The van der Waals surface area contributed by atoms with Crippen LogP contribution >= 0.6 is 0 Å². The van der Waals surface area contributed by atoms with E-state index >= 15 is 9.59 Å². The van der Waals surface area contributed by atoms with E-state index in [2.05, 4.69) is 42.3 Å². The van der Waals surface area contributed by atoms with Crippen LogP contribution in [0.4, 0.5) is 22.7 Å². The van der Waals surface area contributed by atoms with Crippen molar-refractivity contribution < 1.29 is 28.7 Å². The summed E-state index contributed by atoms with van der Waals surface area (Å²) in [5.41, 5.74) is 14.6. The Balaban J connectivity index is 0.927. The number of pyridine rings is 1. The van der Waals surface area contributed by atoms with Crippen molar-refractivity contribution in [3.8, 4) is 55.9 Å². The molecule has 0 aliphatic carbocycles. The molecule has 18 bridgehead atoms. The lowest BCUT2D eigenvalue weighted by atomic mass is 9.99. The molecule has 0 unspecified atom stereocenters. The number of amides is 4. The van der Waals surface area contributed by atoms with Gasteiger partial charge in [-0.1, -0.05) is 91.0 Å². The molecular formula is C85H81N19O6. The maximum atomic E-state index is 15.1. The molecule has 0 radical (unpaired) electrons. The Morgan fingerprint density at radius 2 is 0.745 bits per heavy atom. The number of fused-ring (bicyclic) bond motifs is 16. The minimum atomic E-state index is -1.59. The van der Waals surface area contributed by atoms with Gasteiger partial charge in [0.25, 0.3) is 0 Å². The number of carbonyl (C=O) groups is 4. The molecular weight excluding hydrogens is 1380 g/mol. The SMILES string of the molecule is COc1ccccc1-n1ccnc1C1(OC)c2ncc(n2C)CN(C)CC(=O)Nc2ccccc2-c2c3nc(c4c5ccc([nH]5)c(c5nc(c(c6ccc2[nH]6)-c2ccccc2NC(=O)CN(C)Cc2cncc(c2)CN(C)CC(=O)Nc2ccccc2-4)C=C5)-c2ccccc2NC(=O)CN(C)Cc2cnc1n2C)C=C3. The van der Waals surface area contributed by atoms with Gasteiger partial charge in [-0.15, -0.1) is 0 Å². The van der Waals surface area contributed by atoms with Gasteiger partial charge < -0.3 is 49.8 Å². The molecule has 7 aromatic heterocycles. The van der Waals surface area contributed by atoms with Gasteiger partial charge in [0, 0.05) is 174 Å². The molecule has 12 aromatic rings. The molecule has 4 amide bonds. The summed E-state index contributed by atoms with van der Waals surface area (Å²) in [6, 6.07) is 48.4. The van der Waals surface area contributed by atoms with Crippen LogP contribution in [0.1, 0.15) is 62.8 Å². The molecule has 552 valence electrons. The molecule has 18 rings (SSSR count). The first-order valence-corrected chi connectivity index (χ1v) is 36.1. The lowest BCUT2D eigenvalue weighted by Gasteiger charge is -2.32. The van der Waals surface area contributed by atoms with Crippen molar-refractivity contribution in [1.82, 2.24) is 73.2 Å². The highest BCUT2D eigenvalue weighted by atomic mass is 16.5. The Bertz CT molecular complexity index is 5570. The van der Waals surface area contributed by atoms with E-state index < -0.39 is 5.60 Å². The van der Waals surface area contributed by atoms with Crippen LogP contribution < -0.4 is 26.0 Å². The molecule has 25 nitrogen and oxygen atoms in total. The first-order valence-electron chi connectivity index (χ1n) is 36.1. The number of aromatic nitrogens is 11. The summed E-state index contributed by atoms with van der Waals surface area (Å²) < 4.78 is 18.6. The Kier molecular flexibility index (Phi) is 19.4. The number of nitrogens with one attached hydrogen (secondary N) is 6. The Morgan fingerprint density at radius 3 is 1.12 bits per heavy atom. The molecule has 6 aliphatic rings. The molecule has 0 atom stereocenters. The zero-order valence-corrected chi connectivity index (χ0v) is 62.1. The normalized spacial score (nSPS) is 15.6. The van der Waals surface area contributed by atoms with Gasteiger partial charge >= 0.3 is 0 Å². The van der Waals surface area contributed by atoms with Gasteiger partial charge in [0.05, 0.1) is 73.1 Å². The summed E-state index contributed by atoms with van der Waals surface area (Å²) in [6.45, 7) is 1.36. The Labute approximate surface area is 634 Å². The zero-order valence-electron chi connectivity index (χ0n) is 62.1. The summed E-state index contributed by atoms with van der Waals surface area (Å²) in [7, 11) is 14.6. The van der Waals surface area contributed by atoms with E-state index in [4.69, 9.17) is 34.4 Å². The van der Waals surface area contributed by atoms with E-state index in [1.807, 2.05) is 252 Å². The van der Waals surface area contributed by atoms with Crippen molar-refractivity contribution in [3.05, 3.63) is 252 Å². The predicted molar refractivity (Wildman–Crippen MR) is 428 cm³/mol. The van der Waals surface area contributed by atoms with Gasteiger partial charge in [-0.25, -0.2) is 24.9 Å². The van der Waals surface area contributed by atoms with E-state index in [1.165, 1.54) is 0 Å². The number of ether oxygens (including phenoxy) is 2. The highest BCUT2D eigenvalue weighted by Crippen LogP contribution is 2.45. The second-order valence-electron chi connectivity index (χ2n) is 28.2. The van der Waals surface area contributed by atoms with E-state index in [0.717, 1.165) is 22.5 Å². The number of benzene rings is 5. The summed E-state index contributed by atoms with van der Waals surface area (Å²) in [4.78, 5) is 106. The van der Waals surface area contributed by atoms with Crippen molar-refractivity contribution in [3.63, 3.8) is 0 Å². The third kappa shape index (κ3) is 13.7. The number of H-pyrrole nitrogens is 2. The average molecular weight is 1460 g/mol. The number of likely N-dealkylation sites (N-methyl/N-ethyl adjacent to an activating group) is 4. The molecule has 0 spiro atoms. The summed E-state index contributed by atoms with van der Waals surface area (Å²) in [5, 5.41) is 13.2. The van der Waals surface area contributed by atoms with Crippen LogP contribution in [-0.2, 0) is 69.8 Å². The molecule has 0 saturated heterocycles. The lowest BCUT2D eigenvalue weighted by molar-refractivity contribution is -0.118. The largest absolute Gasteiger partial charge is 0.495 e. The first kappa shape index (κ1) is 71.2. The van der Waals surface area contributed by atoms with Crippen molar-refractivity contribution in [1.29, 1.82) is 0 Å². The summed E-state index contributed by atoms with van der Waals surface area (Å²) >= 11 is 0. The Morgan fingerprint density at radius 1 is 0.391 bits per heavy atom. The number of hydrogen-bond donors (Lipinski definition) is 6. The van der Waals surface area contributed by atoms with Gasteiger partial charge in [-0.2, -0.15) is 0 Å². The highest BCUT2D eigenvalue weighted by Gasteiger charge is 2.49. The fourth-order valence-electron chi connectivity index (χ4n) is 15.4. The number of aromatic amines is 2. The number of hydrogen-bond acceptors (Lipinski definition) is 16. The smallest absolute Gasteiger partial charge is 0.241 e. The third-order valence-electron chi connectivity index (χ3n) is 20.3. The van der Waals surface area contributed by atoms with Crippen molar-refractivity contribution in [2.45, 2.75) is 31.8 Å². The maximum Gasteiger partial charge on any atom is 0.241 e. The standard InChI is InChI=1S/C85H81N19O6/c1-98-44-52-39-53(41-86-40-52)45-99(2)49-75(106)95-61-24-14-10-20-57(61)79-66-31-35-70(92-66)80-58-21-11-15-25-62(58)96-76(107)50-100(3)46-54-42-88-82(102(54)5)85(110-8,84-87-37-38-104(84)72-27-17-18-28-73(72)109-7)83-89-43-55(103(83)6)47-101(4)51-77(108)97-63-26-16-12-22-59(63)81(71-36-32-67(79)93-71)69-34-30-65(91-69)78(64-29-33-68(80)90-64)56-19-9-13-23-60(56)94-74(105)48-98/h9-43,90,93H,44-51H2,1-8H3,(H,94,105)(H,95,106)(H,96,107)(H,97,108). The average Bonchev–Trinajstić information content (AvgIpc) is 1.55. The number of methoxy groups -OCH3 is 2. The fraction of sp³-hybridized carbons (Fsp3) is 0.200. The summed E-state index contributed by atoms with van der Waals surface area (Å²) in [6.07, 6.45) is 18.6. The van der Waals surface area contributed by atoms with Crippen molar-refractivity contribution in [2.24, 2.45) is 14.1 Å². The Hall–Kier alpha value is -13.0. The number of carbonyl (C=O) groups excluding carboxylic acids is 4. The number of para-hydroxylation sites is 6. The molecule has 0 saturated carbocycles. The maximum absolute atomic E-state index is 15.1. The van der Waals surface area contributed by atoms with Crippen LogP contribution in [0.15, 0.2) is 189 Å². The topological polar surface area (TPSA) is 272 Å². The van der Waals surface area contributed by atoms with E-state index in [-0.39, 0.29) is 62.9 Å². The van der Waals surface area contributed by atoms with Gasteiger partial charge in [-0.3, -0.25) is 48.3 Å². The molecule has 5 aromatic carbocycles. The second-order valence-corrected chi connectivity index (χ2v) is 28.2. The van der Waals surface area contributed by atoms with Crippen molar-refractivity contribution >= 4 is 92.7 Å². The molecule has 13 heterocycles. The van der Waals surface area contributed by atoms with Crippen LogP contribution in [0.25, 0.3) is 96.6 Å². The van der Waals surface area contributed by atoms with E-state index in [1.54, 1.807) is 45.2 Å². The minimum absolute atomic E-state index is 0.0364. The lowest BCUT2D eigenvalue weighted by Crippen LogP contribution is -2.40. The number of imidazole rings is 3. The second kappa shape index (κ2) is 30.0. The van der Waals surface area contributed by atoms with Gasteiger partial charge in [-0.05, 0) is 124 Å². The molecule has 25 heteroatoms. The van der Waals surface area contributed by atoms with E-state index in [0.29, 0.717) is 154 Å². The van der Waals surface area contributed by atoms with Gasteiger partial charge in [0.1, 0.15) is 5.75 Å². The zero-order chi connectivity index (χ0) is 75.9. The predicted octanol–water partition coefficient (Wildman–Crippen LogP) is 12.2. The van der Waals surface area contributed by atoms with Crippen LogP contribution in [0.5, 0.6) is 5.75 Å². The molecule has 0 fully saturated rings. The first-order chi connectivity index (χ1) is 53.5. The van der Waals surface area contributed by atoms with Crippen LogP contribution in [0, 0.1) is 0 Å².